The van der Waals surface area contributed by atoms with Crippen molar-refractivity contribution in [2.75, 3.05) is 19.7 Å². The fourth-order valence-electron chi connectivity index (χ4n) is 5.39. The summed E-state index contributed by atoms with van der Waals surface area (Å²) in [6, 6.07) is 18.3. The molecule has 1 amide bonds. The van der Waals surface area contributed by atoms with Gasteiger partial charge in [-0.1, -0.05) is 47.5 Å². The molecule has 0 aliphatic carbocycles. The molecule has 0 N–H and O–H groups in total. The Morgan fingerprint density at radius 1 is 1.00 bits per heavy atom. The smallest absolute Gasteiger partial charge is 0.309 e. The van der Waals surface area contributed by atoms with Gasteiger partial charge in [-0.05, 0) is 81.0 Å². The third-order valence-corrected chi connectivity index (χ3v) is 7.83. The molecule has 7 heteroatoms. The number of fused-ring (bicyclic) bond motifs is 1. The Balaban J connectivity index is 1.43. The number of aromatic nitrogens is 2. The Morgan fingerprint density at radius 3 is 2.44 bits per heavy atom. The number of rotatable bonds is 7. The number of esters is 1. The zero-order valence-corrected chi connectivity index (χ0v) is 23.5. The van der Waals surface area contributed by atoms with E-state index in [-0.39, 0.29) is 17.8 Å². The van der Waals surface area contributed by atoms with E-state index in [2.05, 4.69) is 48.7 Å². The predicted octanol–water partition coefficient (Wildman–Crippen LogP) is 6.67. The summed E-state index contributed by atoms with van der Waals surface area (Å²) in [6.07, 6.45) is 4.34. The number of piperidine rings is 1. The minimum absolute atomic E-state index is 0.0972. The van der Waals surface area contributed by atoms with Gasteiger partial charge in [0.15, 0.2) is 0 Å². The van der Waals surface area contributed by atoms with Crippen LogP contribution in [0, 0.1) is 19.8 Å². The van der Waals surface area contributed by atoms with E-state index in [1.165, 1.54) is 16.7 Å². The molecule has 1 aliphatic rings. The average molecular weight is 544 g/mol. The summed E-state index contributed by atoms with van der Waals surface area (Å²) in [6.45, 7) is 7.59. The van der Waals surface area contributed by atoms with Crippen LogP contribution in [-0.2, 0) is 20.7 Å². The van der Waals surface area contributed by atoms with E-state index in [9.17, 15) is 9.59 Å². The fraction of sp³-hybridized carbons (Fsp3) is 0.344. The molecule has 2 aromatic heterocycles. The van der Waals surface area contributed by atoms with E-state index in [4.69, 9.17) is 21.3 Å². The quantitative estimate of drug-likeness (QED) is 0.244. The van der Waals surface area contributed by atoms with Crippen LogP contribution in [0.2, 0.25) is 5.02 Å². The van der Waals surface area contributed by atoms with E-state index >= 15 is 0 Å². The predicted molar refractivity (Wildman–Crippen MR) is 155 cm³/mol. The molecule has 2 aromatic carbocycles. The molecular formula is C32H34ClN3O3. The molecule has 1 saturated heterocycles. The number of carbonyl (C=O) groups excluding carboxylic acids is 2. The number of hydrogen-bond donors (Lipinski definition) is 0. The van der Waals surface area contributed by atoms with E-state index in [1.54, 1.807) is 0 Å². The highest BCUT2D eigenvalue weighted by Crippen LogP contribution is 2.31. The van der Waals surface area contributed by atoms with Crippen molar-refractivity contribution >= 4 is 29.1 Å². The molecule has 5 rings (SSSR count). The normalized spacial score (nSPS) is 14.1. The summed E-state index contributed by atoms with van der Waals surface area (Å²) in [5, 5.41) is 0.669. The van der Waals surface area contributed by atoms with Crippen LogP contribution in [0.4, 0.5) is 0 Å². The van der Waals surface area contributed by atoms with Crippen LogP contribution in [-0.4, -0.2) is 45.9 Å². The highest BCUT2D eigenvalue weighted by Gasteiger charge is 2.28. The van der Waals surface area contributed by atoms with Crippen molar-refractivity contribution in [3.05, 3.63) is 82.6 Å². The van der Waals surface area contributed by atoms with Crippen LogP contribution < -0.4 is 0 Å². The average Bonchev–Trinajstić information content (AvgIpc) is 3.31. The van der Waals surface area contributed by atoms with Crippen molar-refractivity contribution in [3.63, 3.8) is 0 Å². The van der Waals surface area contributed by atoms with Crippen LogP contribution in [0.1, 0.15) is 43.0 Å². The molecule has 0 unspecified atom stereocenters. The lowest BCUT2D eigenvalue weighted by Gasteiger charge is -2.31. The van der Waals surface area contributed by atoms with Crippen LogP contribution in [0.15, 0.2) is 60.8 Å². The van der Waals surface area contributed by atoms with Crippen LogP contribution in [0.5, 0.6) is 0 Å². The number of amides is 1. The van der Waals surface area contributed by atoms with Gasteiger partial charge in [0, 0.05) is 36.3 Å². The van der Waals surface area contributed by atoms with Crippen molar-refractivity contribution in [2.45, 2.75) is 46.5 Å². The summed E-state index contributed by atoms with van der Waals surface area (Å²) >= 11 is 6.17. The summed E-state index contributed by atoms with van der Waals surface area (Å²) in [5.41, 5.74) is 8.37. The molecule has 3 heterocycles. The Bertz CT molecular complexity index is 1500. The number of nitrogens with zero attached hydrogens (tertiary/aromatic N) is 3. The van der Waals surface area contributed by atoms with E-state index in [1.807, 2.05) is 42.2 Å². The Hall–Kier alpha value is -3.64. The molecule has 1 aliphatic heterocycles. The first-order valence-electron chi connectivity index (χ1n) is 13.6. The van der Waals surface area contributed by atoms with Crippen LogP contribution in [0.25, 0.3) is 28.0 Å². The number of carbonyl (C=O) groups is 2. The molecule has 4 aromatic rings. The maximum atomic E-state index is 13.3. The number of ether oxygens (including phenoxy) is 1. The lowest BCUT2D eigenvalue weighted by Crippen LogP contribution is -2.40. The highest BCUT2D eigenvalue weighted by molar-refractivity contribution is 6.30. The molecule has 0 radical (unpaired) electrons. The topological polar surface area (TPSA) is 63.9 Å². The number of likely N-dealkylation sites (tertiary alicyclic amines) is 1. The minimum Gasteiger partial charge on any atom is -0.466 e. The van der Waals surface area contributed by atoms with Gasteiger partial charge in [0.1, 0.15) is 5.65 Å². The number of halogens is 1. The monoisotopic (exact) mass is 543 g/mol. The fourth-order valence-corrected chi connectivity index (χ4v) is 5.51. The standard InChI is InChI=1S/C32H34ClN3O3/c1-4-39-32(38)24-15-17-35(18-16-24)30(37)14-12-28-31(23-7-10-26(33)11-8-23)34-29-13-9-25(20-36(28)29)27-19-21(2)5-6-22(27)3/h5-11,13,19-20,24H,4,12,14-18H2,1-3H3. The van der Waals surface area contributed by atoms with Crippen molar-refractivity contribution < 1.29 is 14.3 Å². The van der Waals surface area contributed by atoms with Gasteiger partial charge >= 0.3 is 5.97 Å². The molecule has 0 atom stereocenters. The lowest BCUT2D eigenvalue weighted by molar-refractivity contribution is -0.151. The summed E-state index contributed by atoms with van der Waals surface area (Å²) in [7, 11) is 0. The van der Waals surface area contributed by atoms with Gasteiger partial charge in [0.2, 0.25) is 5.91 Å². The third-order valence-electron chi connectivity index (χ3n) is 7.58. The Morgan fingerprint density at radius 2 is 1.72 bits per heavy atom. The van der Waals surface area contributed by atoms with E-state index < -0.39 is 0 Å². The lowest BCUT2D eigenvalue weighted by atomic mass is 9.96. The minimum atomic E-state index is -0.150. The van der Waals surface area contributed by atoms with E-state index in [0.717, 1.165) is 28.2 Å². The first-order valence-corrected chi connectivity index (χ1v) is 14.0. The van der Waals surface area contributed by atoms with Crippen molar-refractivity contribution in [1.29, 1.82) is 0 Å². The molecule has 0 spiro atoms. The van der Waals surface area contributed by atoms with Gasteiger partial charge in [-0.3, -0.25) is 9.59 Å². The molecule has 6 nitrogen and oxygen atoms in total. The Kier molecular flexibility index (Phi) is 8.03. The first kappa shape index (κ1) is 26.9. The van der Waals surface area contributed by atoms with Gasteiger partial charge in [0.25, 0.3) is 0 Å². The zero-order valence-electron chi connectivity index (χ0n) is 22.7. The third kappa shape index (κ3) is 5.86. The molecular weight excluding hydrogens is 510 g/mol. The molecule has 0 saturated carbocycles. The first-order chi connectivity index (χ1) is 18.8. The second kappa shape index (κ2) is 11.6. The summed E-state index contributed by atoms with van der Waals surface area (Å²) < 4.78 is 7.30. The molecule has 202 valence electrons. The molecule has 1 fully saturated rings. The Labute approximate surface area is 234 Å². The SMILES string of the molecule is CCOC(=O)C1CCN(C(=O)CCc2c(-c3ccc(Cl)cc3)nc3ccc(-c4cc(C)ccc4C)cn23)CC1. The molecule has 39 heavy (non-hydrogen) atoms. The molecule has 0 bridgehead atoms. The number of imidazole rings is 1. The number of benzene rings is 2. The van der Waals surface area contributed by atoms with Crippen molar-refractivity contribution in [1.82, 2.24) is 14.3 Å². The number of hydrogen-bond acceptors (Lipinski definition) is 4. The summed E-state index contributed by atoms with van der Waals surface area (Å²) in [5.74, 6) is -0.171. The largest absolute Gasteiger partial charge is 0.466 e. The number of pyridine rings is 1. The van der Waals surface area contributed by atoms with Gasteiger partial charge in [-0.2, -0.15) is 0 Å². The van der Waals surface area contributed by atoms with Gasteiger partial charge in [-0.25, -0.2) is 4.98 Å². The maximum absolute atomic E-state index is 13.3. The van der Waals surface area contributed by atoms with Gasteiger partial charge in [0.05, 0.1) is 23.9 Å². The van der Waals surface area contributed by atoms with Crippen LogP contribution in [0.3, 0.4) is 0 Å². The van der Waals surface area contributed by atoms with E-state index in [0.29, 0.717) is 50.4 Å². The second-order valence-corrected chi connectivity index (χ2v) is 10.7. The second-order valence-electron chi connectivity index (χ2n) is 10.3. The summed E-state index contributed by atoms with van der Waals surface area (Å²) in [4.78, 5) is 32.2. The zero-order chi connectivity index (χ0) is 27.5. The van der Waals surface area contributed by atoms with Crippen molar-refractivity contribution in [3.8, 4) is 22.4 Å². The van der Waals surface area contributed by atoms with Gasteiger partial charge < -0.3 is 14.0 Å². The number of aryl methyl sites for hydroxylation is 3. The van der Waals surface area contributed by atoms with Crippen LogP contribution >= 0.6 is 11.6 Å². The highest BCUT2D eigenvalue weighted by atomic mass is 35.5. The maximum Gasteiger partial charge on any atom is 0.309 e. The van der Waals surface area contributed by atoms with Gasteiger partial charge in [-0.15, -0.1) is 0 Å². The van der Waals surface area contributed by atoms with Crippen molar-refractivity contribution in [2.24, 2.45) is 5.92 Å².